The summed E-state index contributed by atoms with van der Waals surface area (Å²) in [5, 5.41) is 13.9. The van der Waals surface area contributed by atoms with Crippen LogP contribution in [0, 0.1) is 0 Å². The van der Waals surface area contributed by atoms with Crippen molar-refractivity contribution < 1.29 is 4.42 Å². The van der Waals surface area contributed by atoms with Crippen LogP contribution in [0.15, 0.2) is 229 Å². The van der Waals surface area contributed by atoms with E-state index in [1.807, 2.05) is 0 Å². The van der Waals surface area contributed by atoms with E-state index >= 15 is 0 Å². The van der Waals surface area contributed by atoms with Crippen molar-refractivity contribution in [2.45, 2.75) is 5.41 Å². The van der Waals surface area contributed by atoms with Crippen LogP contribution >= 0.6 is 0 Å². The van der Waals surface area contributed by atoms with Crippen molar-refractivity contribution >= 4 is 75.8 Å². The van der Waals surface area contributed by atoms with Crippen molar-refractivity contribution in [3.8, 4) is 56.4 Å². The Labute approximate surface area is 401 Å². The van der Waals surface area contributed by atoms with Crippen LogP contribution in [-0.4, -0.2) is 15.0 Å². The number of hydrogen-bond donors (Lipinski definition) is 0. The normalized spacial score (nSPS) is 13.3. The van der Waals surface area contributed by atoms with E-state index in [0.717, 1.165) is 60.2 Å². The van der Waals surface area contributed by atoms with Crippen LogP contribution in [0.2, 0.25) is 0 Å². The lowest BCUT2D eigenvalue weighted by molar-refractivity contribution is 0.666. The van der Waals surface area contributed by atoms with E-state index in [4.69, 9.17) is 19.4 Å². The summed E-state index contributed by atoms with van der Waals surface area (Å²) in [6.45, 7) is 0. The summed E-state index contributed by atoms with van der Waals surface area (Å²) in [5.74, 6) is 1.82. The summed E-state index contributed by atoms with van der Waals surface area (Å²) in [4.78, 5) is 16.3. The van der Waals surface area contributed by atoms with E-state index in [2.05, 4.69) is 224 Å². The molecule has 0 bridgehead atoms. The van der Waals surface area contributed by atoms with E-state index in [-0.39, 0.29) is 0 Å². The molecule has 0 fully saturated rings. The molecule has 2 heterocycles. The highest BCUT2D eigenvalue weighted by atomic mass is 16.3. The van der Waals surface area contributed by atoms with Gasteiger partial charge in [0.25, 0.3) is 0 Å². The molecule has 12 aromatic carbocycles. The molecule has 14 aromatic rings. The maximum Gasteiger partial charge on any atom is 0.164 e. The number of nitrogens with zero attached hydrogens (tertiary/aromatic N) is 3. The molecule has 0 saturated heterocycles. The molecule has 0 atom stereocenters. The van der Waals surface area contributed by atoms with Gasteiger partial charge >= 0.3 is 0 Å². The third-order valence-corrected chi connectivity index (χ3v) is 15.5. The highest BCUT2D eigenvalue weighted by Crippen LogP contribution is 2.63. The van der Waals surface area contributed by atoms with Gasteiger partial charge < -0.3 is 4.42 Å². The predicted octanol–water partition coefficient (Wildman–Crippen LogP) is 16.9. The molecule has 2 aliphatic rings. The molecule has 0 aliphatic heterocycles. The zero-order valence-corrected chi connectivity index (χ0v) is 37.6. The van der Waals surface area contributed by atoms with Crippen molar-refractivity contribution in [3.63, 3.8) is 0 Å². The van der Waals surface area contributed by atoms with Crippen molar-refractivity contribution in [2.24, 2.45) is 0 Å². The van der Waals surface area contributed by atoms with E-state index in [1.54, 1.807) is 0 Å². The van der Waals surface area contributed by atoms with Gasteiger partial charge in [-0.05, 0) is 123 Å². The molecule has 0 N–H and O–H groups in total. The number of aromatic nitrogens is 3. The average molecular weight is 888 g/mol. The van der Waals surface area contributed by atoms with Crippen LogP contribution in [0.25, 0.3) is 132 Å². The average Bonchev–Trinajstić information content (AvgIpc) is 4.05. The molecule has 0 saturated carbocycles. The lowest BCUT2D eigenvalue weighted by Crippen LogP contribution is -2.25. The molecular weight excluding hydrogens is 851 g/mol. The van der Waals surface area contributed by atoms with Crippen LogP contribution in [0.4, 0.5) is 0 Å². The van der Waals surface area contributed by atoms with E-state index in [9.17, 15) is 0 Å². The largest absolute Gasteiger partial charge is 0.456 e. The quantitative estimate of drug-likeness (QED) is 0.166. The Morgan fingerprint density at radius 3 is 1.59 bits per heavy atom. The maximum atomic E-state index is 6.98. The van der Waals surface area contributed by atoms with Gasteiger partial charge in [-0.15, -0.1) is 0 Å². The maximum absolute atomic E-state index is 6.98. The summed E-state index contributed by atoms with van der Waals surface area (Å²) < 4.78 is 6.98. The third-order valence-electron chi connectivity index (χ3n) is 15.5. The fraction of sp³-hybridized carbons (Fsp3) is 0.0152. The van der Waals surface area contributed by atoms with Gasteiger partial charge in [-0.1, -0.05) is 200 Å². The van der Waals surface area contributed by atoms with Crippen LogP contribution in [0.3, 0.4) is 0 Å². The number of rotatable bonds is 3. The van der Waals surface area contributed by atoms with Gasteiger partial charge in [0.2, 0.25) is 0 Å². The topological polar surface area (TPSA) is 51.8 Å². The Morgan fingerprint density at radius 2 is 0.800 bits per heavy atom. The number of hydrogen-bond acceptors (Lipinski definition) is 4. The molecule has 4 nitrogen and oxygen atoms in total. The lowest BCUT2D eigenvalue weighted by Gasteiger charge is -2.30. The first-order chi connectivity index (χ1) is 34.7. The Morgan fingerprint density at radius 1 is 0.271 bits per heavy atom. The fourth-order valence-corrected chi connectivity index (χ4v) is 12.5. The zero-order valence-electron chi connectivity index (χ0n) is 37.6. The standard InChI is InChI=1S/C66H37N3O/c1-4-17-44-38(13-1)15-11-21-50(44)64-67-63(42-30-28-40-27-29-41-32-33-45-43-16-3-2-14-39(43)31-34-49(45)61(41)52(40)35-42)68-65(69-64)51-22-12-26-59-62(51)54-36-53-48-20-7-10-25-57(48)66(58(53)37-60(54)70-59)55-23-8-5-18-46(55)47-19-6-9-24-56(47)66/h1-37H. The fourth-order valence-electron chi connectivity index (χ4n) is 12.5. The van der Waals surface area contributed by atoms with Gasteiger partial charge in [-0.25, -0.2) is 15.0 Å². The van der Waals surface area contributed by atoms with Crippen LogP contribution in [0.5, 0.6) is 0 Å². The smallest absolute Gasteiger partial charge is 0.164 e. The molecule has 16 rings (SSSR count). The van der Waals surface area contributed by atoms with Crippen LogP contribution in [0.1, 0.15) is 22.3 Å². The van der Waals surface area contributed by atoms with Crippen molar-refractivity contribution in [3.05, 3.63) is 247 Å². The minimum Gasteiger partial charge on any atom is -0.456 e. The second-order valence-electron chi connectivity index (χ2n) is 18.9. The summed E-state index contributed by atoms with van der Waals surface area (Å²) >= 11 is 0. The molecule has 0 unspecified atom stereocenters. The Bertz CT molecular complexity index is 4570. The molecule has 2 aliphatic carbocycles. The molecular formula is C66H37N3O. The minimum atomic E-state index is -0.475. The first kappa shape index (κ1) is 37.8. The summed E-state index contributed by atoms with van der Waals surface area (Å²) in [5.41, 5.74) is 14.1. The third kappa shape index (κ3) is 5.01. The predicted molar refractivity (Wildman–Crippen MR) is 287 cm³/mol. The van der Waals surface area contributed by atoms with Crippen LogP contribution < -0.4 is 0 Å². The van der Waals surface area contributed by atoms with Gasteiger partial charge in [0, 0.05) is 27.5 Å². The van der Waals surface area contributed by atoms with Crippen molar-refractivity contribution in [1.82, 2.24) is 15.0 Å². The molecule has 70 heavy (non-hydrogen) atoms. The highest BCUT2D eigenvalue weighted by Gasteiger charge is 2.51. The Kier molecular flexibility index (Phi) is 7.51. The Balaban J connectivity index is 0.949. The van der Waals surface area contributed by atoms with Gasteiger partial charge in [-0.2, -0.15) is 0 Å². The second-order valence-corrected chi connectivity index (χ2v) is 18.9. The molecule has 322 valence electrons. The van der Waals surface area contributed by atoms with Crippen molar-refractivity contribution in [1.29, 1.82) is 0 Å². The highest BCUT2D eigenvalue weighted by molar-refractivity contribution is 6.25. The van der Waals surface area contributed by atoms with Gasteiger partial charge in [-0.3, -0.25) is 0 Å². The SMILES string of the molecule is c1ccc2c(c1)-c1ccccc1C21c2ccccc2-c2cc3c(cc21)oc1cccc(-c2nc(-c4ccc5ccc6ccc7c8ccccc8ccc7c6c5c4)nc(-c4cccc5ccccc45)n2)c13. The molecule has 2 aromatic heterocycles. The summed E-state index contributed by atoms with van der Waals surface area (Å²) in [7, 11) is 0. The minimum absolute atomic E-state index is 0.475. The number of fused-ring (bicyclic) bond motifs is 21. The second kappa shape index (κ2) is 13.9. The molecule has 1 spiro atoms. The van der Waals surface area contributed by atoms with Crippen molar-refractivity contribution in [2.75, 3.05) is 0 Å². The number of benzene rings is 12. The van der Waals surface area contributed by atoms with Crippen LogP contribution in [-0.2, 0) is 5.41 Å². The lowest BCUT2D eigenvalue weighted by atomic mass is 9.70. The summed E-state index contributed by atoms with van der Waals surface area (Å²) in [6, 6.07) is 81.4. The number of furan rings is 1. The van der Waals surface area contributed by atoms with E-state index in [1.165, 1.54) is 76.8 Å². The van der Waals surface area contributed by atoms with E-state index < -0.39 is 5.41 Å². The first-order valence-electron chi connectivity index (χ1n) is 24.0. The Hall–Kier alpha value is -9.25. The molecule has 0 radical (unpaired) electrons. The zero-order chi connectivity index (χ0) is 45.7. The molecule has 4 heteroatoms. The first-order valence-corrected chi connectivity index (χ1v) is 24.0. The van der Waals surface area contributed by atoms with E-state index in [0.29, 0.717) is 17.5 Å². The summed E-state index contributed by atoms with van der Waals surface area (Å²) in [6.07, 6.45) is 0. The molecule has 0 amide bonds. The van der Waals surface area contributed by atoms with Gasteiger partial charge in [0.05, 0.1) is 5.41 Å². The monoisotopic (exact) mass is 887 g/mol. The van der Waals surface area contributed by atoms with Gasteiger partial charge in [0.1, 0.15) is 11.2 Å². The van der Waals surface area contributed by atoms with Gasteiger partial charge in [0.15, 0.2) is 17.5 Å².